The van der Waals surface area contributed by atoms with Crippen LogP contribution in [0.15, 0.2) is 0 Å². The molecule has 0 aromatic heterocycles. The molecular weight excluding hydrogens is 186 g/mol. The molecule has 84 valence electrons. The maximum atomic E-state index is 10.6. The molecule has 1 N–H and O–H groups in total. The van der Waals surface area contributed by atoms with Crippen molar-refractivity contribution in [1.82, 2.24) is 0 Å². The summed E-state index contributed by atoms with van der Waals surface area (Å²) in [7, 11) is 0. The van der Waals surface area contributed by atoms with Crippen LogP contribution in [0, 0.1) is 28.6 Å². The van der Waals surface area contributed by atoms with E-state index in [0.29, 0.717) is 5.92 Å². The Bertz CT molecular complexity index is 287. The number of rotatable bonds is 2. The highest BCUT2D eigenvalue weighted by molar-refractivity contribution is 5.09. The maximum Gasteiger partial charge on any atom is 0.0830 e. The highest BCUT2D eigenvalue weighted by atomic mass is 16.3. The largest absolute Gasteiger partial charge is 0.388 e. The summed E-state index contributed by atoms with van der Waals surface area (Å²) in [5.74, 6) is 1.53. The first-order chi connectivity index (χ1) is 6.98. The molecular formula is C13H21NO. The van der Waals surface area contributed by atoms with Crippen LogP contribution >= 0.6 is 0 Å². The van der Waals surface area contributed by atoms with Crippen molar-refractivity contribution >= 4 is 0 Å². The van der Waals surface area contributed by atoms with Crippen molar-refractivity contribution in [3.05, 3.63) is 0 Å². The van der Waals surface area contributed by atoms with Gasteiger partial charge in [0.05, 0.1) is 17.1 Å². The Labute approximate surface area is 92.3 Å². The predicted octanol–water partition coefficient (Wildman–Crippen LogP) is 2.87. The second kappa shape index (κ2) is 3.49. The molecule has 2 aliphatic carbocycles. The van der Waals surface area contributed by atoms with E-state index in [1.807, 2.05) is 13.8 Å². The van der Waals surface area contributed by atoms with E-state index in [1.54, 1.807) is 0 Å². The van der Waals surface area contributed by atoms with Crippen LogP contribution in [0.1, 0.15) is 52.4 Å². The zero-order chi connectivity index (χ0) is 11.1. The lowest BCUT2D eigenvalue weighted by Crippen LogP contribution is -2.47. The van der Waals surface area contributed by atoms with E-state index in [0.717, 1.165) is 25.2 Å². The summed E-state index contributed by atoms with van der Waals surface area (Å²) in [5.41, 5.74) is -1.34. The smallest absolute Gasteiger partial charge is 0.0830 e. The van der Waals surface area contributed by atoms with Crippen molar-refractivity contribution in [3.63, 3.8) is 0 Å². The molecule has 0 aliphatic heterocycles. The van der Waals surface area contributed by atoms with Crippen LogP contribution in [0.5, 0.6) is 0 Å². The van der Waals surface area contributed by atoms with E-state index >= 15 is 0 Å². The topological polar surface area (TPSA) is 44.0 Å². The first-order valence-electron chi connectivity index (χ1n) is 6.12. The first-order valence-corrected chi connectivity index (χ1v) is 6.12. The van der Waals surface area contributed by atoms with Crippen molar-refractivity contribution < 1.29 is 5.11 Å². The van der Waals surface area contributed by atoms with E-state index in [1.165, 1.54) is 19.3 Å². The van der Waals surface area contributed by atoms with Gasteiger partial charge < -0.3 is 5.11 Å². The quantitative estimate of drug-likeness (QED) is 0.756. The van der Waals surface area contributed by atoms with E-state index in [9.17, 15) is 5.11 Å². The van der Waals surface area contributed by atoms with Gasteiger partial charge in [0.25, 0.3) is 0 Å². The monoisotopic (exact) mass is 207 g/mol. The average Bonchev–Trinajstić information content (AvgIpc) is 3.01. The van der Waals surface area contributed by atoms with Gasteiger partial charge >= 0.3 is 0 Å². The van der Waals surface area contributed by atoms with Crippen molar-refractivity contribution in [2.75, 3.05) is 0 Å². The van der Waals surface area contributed by atoms with Gasteiger partial charge in [-0.25, -0.2) is 0 Å². The summed E-state index contributed by atoms with van der Waals surface area (Å²) in [6, 6.07) is 2.28. The van der Waals surface area contributed by atoms with Gasteiger partial charge in [-0.2, -0.15) is 5.26 Å². The van der Waals surface area contributed by atoms with Crippen LogP contribution in [0.3, 0.4) is 0 Å². The molecule has 2 saturated carbocycles. The predicted molar refractivity (Wildman–Crippen MR) is 59.0 cm³/mol. The standard InChI is InChI=1S/C13H21NO/c1-12(2,9-14)13(15)7-3-4-11(8-13)10-5-6-10/h10-11,15H,3-8H2,1-2H3. The van der Waals surface area contributed by atoms with Crippen molar-refractivity contribution in [1.29, 1.82) is 5.26 Å². The Balaban J connectivity index is 2.10. The molecule has 0 bridgehead atoms. The number of hydrogen-bond donors (Lipinski definition) is 1. The fraction of sp³-hybridized carbons (Fsp3) is 0.923. The average molecular weight is 207 g/mol. The Morgan fingerprint density at radius 1 is 1.27 bits per heavy atom. The second-order valence-corrected chi connectivity index (χ2v) is 5.96. The van der Waals surface area contributed by atoms with Gasteiger partial charge in [-0.1, -0.05) is 6.42 Å². The third-order valence-electron chi connectivity index (χ3n) is 4.50. The van der Waals surface area contributed by atoms with Gasteiger partial charge in [0.2, 0.25) is 0 Å². The molecule has 0 spiro atoms. The Kier molecular flexibility index (Phi) is 2.55. The van der Waals surface area contributed by atoms with Crippen LogP contribution in [0.25, 0.3) is 0 Å². The van der Waals surface area contributed by atoms with Crippen molar-refractivity contribution in [2.24, 2.45) is 17.3 Å². The van der Waals surface area contributed by atoms with E-state index < -0.39 is 11.0 Å². The molecule has 0 radical (unpaired) electrons. The molecule has 0 saturated heterocycles. The normalized spacial score (nSPS) is 37.3. The summed E-state index contributed by atoms with van der Waals surface area (Å²) in [4.78, 5) is 0. The number of nitriles is 1. The van der Waals surface area contributed by atoms with E-state index in [-0.39, 0.29) is 0 Å². The number of aliphatic hydroxyl groups is 1. The van der Waals surface area contributed by atoms with Gasteiger partial charge in [0.1, 0.15) is 0 Å². The molecule has 2 aliphatic rings. The van der Waals surface area contributed by atoms with Gasteiger partial charge in [0, 0.05) is 0 Å². The molecule has 2 atom stereocenters. The summed E-state index contributed by atoms with van der Waals surface area (Å²) >= 11 is 0. The minimum absolute atomic E-state index is 0.597. The maximum absolute atomic E-state index is 10.6. The minimum Gasteiger partial charge on any atom is -0.388 e. The number of hydrogen-bond acceptors (Lipinski definition) is 2. The molecule has 15 heavy (non-hydrogen) atoms. The Morgan fingerprint density at radius 3 is 2.47 bits per heavy atom. The van der Waals surface area contributed by atoms with Crippen molar-refractivity contribution in [2.45, 2.75) is 58.0 Å². The molecule has 0 aromatic carbocycles. The summed E-state index contributed by atoms with van der Waals surface area (Å²) in [6.45, 7) is 3.75. The lowest BCUT2D eigenvalue weighted by molar-refractivity contribution is -0.0850. The SMILES string of the molecule is CC(C)(C#N)C1(O)CCCC(C2CC2)C1. The molecule has 2 unspecified atom stereocenters. The van der Waals surface area contributed by atoms with Gasteiger partial charge in [-0.15, -0.1) is 0 Å². The van der Waals surface area contributed by atoms with Crippen LogP contribution in [-0.2, 0) is 0 Å². The molecule has 2 fully saturated rings. The third-order valence-corrected chi connectivity index (χ3v) is 4.50. The summed E-state index contributed by atoms with van der Waals surface area (Å²) in [5, 5.41) is 19.8. The van der Waals surface area contributed by atoms with E-state index in [2.05, 4.69) is 6.07 Å². The van der Waals surface area contributed by atoms with Gasteiger partial charge in [-0.3, -0.25) is 0 Å². The molecule has 0 aromatic rings. The lowest BCUT2D eigenvalue weighted by Gasteiger charge is -2.44. The van der Waals surface area contributed by atoms with Crippen LogP contribution in [0.2, 0.25) is 0 Å². The number of nitrogens with zero attached hydrogens (tertiary/aromatic N) is 1. The Morgan fingerprint density at radius 2 is 1.93 bits per heavy atom. The van der Waals surface area contributed by atoms with E-state index in [4.69, 9.17) is 5.26 Å². The Hall–Kier alpha value is -0.550. The van der Waals surface area contributed by atoms with Crippen LogP contribution in [0.4, 0.5) is 0 Å². The molecule has 2 heteroatoms. The van der Waals surface area contributed by atoms with Gasteiger partial charge in [0.15, 0.2) is 0 Å². The highest BCUT2D eigenvalue weighted by Gasteiger charge is 2.49. The zero-order valence-electron chi connectivity index (χ0n) is 9.79. The highest BCUT2D eigenvalue weighted by Crippen LogP contribution is 2.50. The molecule has 0 heterocycles. The second-order valence-electron chi connectivity index (χ2n) is 5.96. The first kappa shape index (κ1) is 11.0. The molecule has 2 nitrogen and oxygen atoms in total. The van der Waals surface area contributed by atoms with Gasteiger partial charge in [-0.05, 0) is 57.8 Å². The minimum atomic E-state index is -0.743. The fourth-order valence-electron chi connectivity index (χ4n) is 2.94. The van der Waals surface area contributed by atoms with Crippen LogP contribution in [-0.4, -0.2) is 10.7 Å². The summed E-state index contributed by atoms with van der Waals surface area (Å²) < 4.78 is 0. The lowest BCUT2D eigenvalue weighted by atomic mass is 9.64. The molecule has 0 amide bonds. The fourth-order valence-corrected chi connectivity index (χ4v) is 2.94. The zero-order valence-corrected chi connectivity index (χ0v) is 9.79. The van der Waals surface area contributed by atoms with Crippen LogP contribution < -0.4 is 0 Å². The third kappa shape index (κ3) is 1.90. The molecule has 2 rings (SSSR count). The summed E-state index contributed by atoms with van der Waals surface area (Å²) in [6.07, 6.45) is 6.67. The van der Waals surface area contributed by atoms with Crippen molar-refractivity contribution in [3.8, 4) is 6.07 Å².